The Morgan fingerprint density at radius 3 is 2.21 bits per heavy atom. The molecular weight excluding hydrogens is 416 g/mol. The van der Waals surface area contributed by atoms with Gasteiger partial charge in [0, 0.05) is 16.2 Å². The van der Waals surface area contributed by atoms with Crippen molar-refractivity contribution in [3.8, 4) is 16.9 Å². The van der Waals surface area contributed by atoms with Crippen LogP contribution in [-0.2, 0) is 11.3 Å². The molecule has 5 heteroatoms. The highest BCUT2D eigenvalue weighted by atomic mass is 79.9. The molecule has 0 fully saturated rings. The van der Waals surface area contributed by atoms with Crippen LogP contribution in [0.25, 0.3) is 16.9 Å². The molecule has 0 aliphatic heterocycles. The van der Waals surface area contributed by atoms with Crippen molar-refractivity contribution in [2.45, 2.75) is 6.61 Å². The predicted molar refractivity (Wildman–Crippen MR) is 112 cm³/mol. The van der Waals surface area contributed by atoms with Gasteiger partial charge in [0.25, 0.3) is 0 Å². The van der Waals surface area contributed by atoms with Gasteiger partial charge in [-0.2, -0.15) is 5.10 Å². The van der Waals surface area contributed by atoms with Gasteiger partial charge in [-0.25, -0.2) is 9.48 Å². The quantitative estimate of drug-likeness (QED) is 0.382. The molecule has 4 rings (SSSR count). The SMILES string of the molecule is O=C(OCc1ccc(Br)cc1)c1cn(-c2ccccc2)nc1-c1ccccc1. The molecule has 0 bridgehead atoms. The Morgan fingerprint density at radius 2 is 1.54 bits per heavy atom. The maximum absolute atomic E-state index is 12.8. The Balaban J connectivity index is 1.65. The normalized spacial score (nSPS) is 10.6. The summed E-state index contributed by atoms with van der Waals surface area (Å²) < 4.78 is 8.25. The molecule has 0 saturated carbocycles. The third kappa shape index (κ3) is 4.05. The monoisotopic (exact) mass is 432 g/mol. The lowest BCUT2D eigenvalue weighted by Crippen LogP contribution is -2.05. The Labute approximate surface area is 171 Å². The van der Waals surface area contributed by atoms with Gasteiger partial charge in [-0.3, -0.25) is 0 Å². The van der Waals surface area contributed by atoms with Gasteiger partial charge < -0.3 is 4.74 Å². The van der Waals surface area contributed by atoms with Crippen LogP contribution in [0.1, 0.15) is 15.9 Å². The first kappa shape index (κ1) is 18.2. The number of hydrogen-bond donors (Lipinski definition) is 0. The van der Waals surface area contributed by atoms with E-state index in [9.17, 15) is 4.79 Å². The van der Waals surface area contributed by atoms with Crippen molar-refractivity contribution in [2.24, 2.45) is 0 Å². The fourth-order valence-electron chi connectivity index (χ4n) is 2.85. The Kier molecular flexibility index (Phi) is 5.35. The zero-order valence-electron chi connectivity index (χ0n) is 15.0. The van der Waals surface area contributed by atoms with Crippen LogP contribution >= 0.6 is 15.9 Å². The summed E-state index contributed by atoms with van der Waals surface area (Å²) in [5.74, 6) is -0.399. The summed E-state index contributed by atoms with van der Waals surface area (Å²) in [4.78, 5) is 12.8. The number of ether oxygens (including phenoxy) is 1. The molecule has 4 aromatic rings. The number of hydrogen-bond acceptors (Lipinski definition) is 3. The van der Waals surface area contributed by atoms with Crippen molar-refractivity contribution >= 4 is 21.9 Å². The van der Waals surface area contributed by atoms with Gasteiger partial charge in [-0.15, -0.1) is 0 Å². The standard InChI is InChI=1S/C23H17BrN2O2/c24-19-13-11-17(12-14-19)16-28-23(27)21-15-26(20-9-5-2-6-10-20)25-22(21)18-7-3-1-4-8-18/h1-15H,16H2. The van der Waals surface area contributed by atoms with Crippen LogP contribution in [0.3, 0.4) is 0 Å². The Bertz CT molecular complexity index is 1070. The summed E-state index contributed by atoms with van der Waals surface area (Å²) in [6.45, 7) is 0.205. The first-order valence-electron chi connectivity index (χ1n) is 8.83. The zero-order chi connectivity index (χ0) is 19.3. The van der Waals surface area contributed by atoms with E-state index in [1.807, 2.05) is 84.9 Å². The number of benzene rings is 3. The molecule has 0 spiro atoms. The molecule has 3 aromatic carbocycles. The highest BCUT2D eigenvalue weighted by Crippen LogP contribution is 2.24. The van der Waals surface area contributed by atoms with Crippen LogP contribution in [0.5, 0.6) is 0 Å². The van der Waals surface area contributed by atoms with Crippen LogP contribution < -0.4 is 0 Å². The topological polar surface area (TPSA) is 44.1 Å². The molecule has 0 aliphatic rings. The zero-order valence-corrected chi connectivity index (χ0v) is 16.5. The summed E-state index contributed by atoms with van der Waals surface area (Å²) in [5.41, 5.74) is 3.71. The van der Waals surface area contributed by atoms with Gasteiger partial charge in [0.05, 0.1) is 5.69 Å². The molecule has 0 N–H and O–H groups in total. The summed E-state index contributed by atoms with van der Waals surface area (Å²) in [5, 5.41) is 4.65. The smallest absolute Gasteiger partial charge is 0.342 e. The second-order valence-electron chi connectivity index (χ2n) is 6.24. The maximum atomic E-state index is 12.8. The summed E-state index contributed by atoms with van der Waals surface area (Å²) in [6.07, 6.45) is 1.72. The first-order chi connectivity index (χ1) is 13.7. The van der Waals surface area contributed by atoms with Gasteiger partial charge >= 0.3 is 5.97 Å². The van der Waals surface area contributed by atoms with Crippen molar-refractivity contribution in [1.29, 1.82) is 0 Å². The molecular formula is C23H17BrN2O2. The molecule has 0 aliphatic carbocycles. The van der Waals surface area contributed by atoms with Gasteiger partial charge in [0.1, 0.15) is 17.9 Å². The van der Waals surface area contributed by atoms with E-state index in [-0.39, 0.29) is 6.61 Å². The number of para-hydroxylation sites is 1. The van der Waals surface area contributed by atoms with E-state index in [4.69, 9.17) is 4.74 Å². The van der Waals surface area contributed by atoms with Crippen LogP contribution in [0.4, 0.5) is 0 Å². The average Bonchev–Trinajstić information content (AvgIpc) is 3.20. The van der Waals surface area contributed by atoms with Gasteiger partial charge in [-0.1, -0.05) is 76.6 Å². The summed E-state index contributed by atoms with van der Waals surface area (Å²) in [7, 11) is 0. The van der Waals surface area contributed by atoms with Crippen molar-refractivity contribution in [3.63, 3.8) is 0 Å². The Hall–Kier alpha value is -3.18. The molecule has 0 unspecified atom stereocenters. The molecule has 0 atom stereocenters. The fourth-order valence-corrected chi connectivity index (χ4v) is 3.12. The van der Waals surface area contributed by atoms with Gasteiger partial charge in [0.15, 0.2) is 0 Å². The van der Waals surface area contributed by atoms with Crippen molar-refractivity contribution in [1.82, 2.24) is 9.78 Å². The lowest BCUT2D eigenvalue weighted by molar-refractivity contribution is 0.0473. The molecule has 28 heavy (non-hydrogen) atoms. The van der Waals surface area contributed by atoms with Gasteiger partial charge in [0.2, 0.25) is 0 Å². The van der Waals surface area contributed by atoms with E-state index >= 15 is 0 Å². The van der Waals surface area contributed by atoms with E-state index in [0.29, 0.717) is 11.3 Å². The summed E-state index contributed by atoms with van der Waals surface area (Å²) in [6, 6.07) is 27.0. The minimum Gasteiger partial charge on any atom is -0.457 e. The van der Waals surface area contributed by atoms with E-state index in [2.05, 4.69) is 21.0 Å². The third-order valence-electron chi connectivity index (χ3n) is 4.29. The number of aromatic nitrogens is 2. The molecule has 1 aromatic heterocycles. The van der Waals surface area contributed by atoms with Crippen molar-refractivity contribution in [3.05, 3.63) is 107 Å². The first-order valence-corrected chi connectivity index (χ1v) is 9.62. The number of rotatable bonds is 5. The fraction of sp³-hybridized carbons (Fsp3) is 0.0435. The van der Waals surface area contributed by atoms with E-state index in [1.165, 1.54) is 0 Å². The molecule has 1 heterocycles. The Morgan fingerprint density at radius 1 is 0.893 bits per heavy atom. The number of carbonyl (C=O) groups excluding carboxylic acids is 1. The van der Waals surface area contributed by atoms with Crippen molar-refractivity contribution in [2.75, 3.05) is 0 Å². The minimum absolute atomic E-state index is 0.205. The molecule has 4 nitrogen and oxygen atoms in total. The maximum Gasteiger partial charge on any atom is 0.342 e. The number of carbonyl (C=O) groups is 1. The molecule has 0 radical (unpaired) electrons. The van der Waals surface area contributed by atoms with Crippen molar-refractivity contribution < 1.29 is 9.53 Å². The minimum atomic E-state index is -0.399. The molecule has 138 valence electrons. The number of nitrogens with zero attached hydrogens (tertiary/aromatic N) is 2. The second kappa shape index (κ2) is 8.23. The molecule has 0 saturated heterocycles. The third-order valence-corrected chi connectivity index (χ3v) is 4.81. The van der Waals surface area contributed by atoms with E-state index in [1.54, 1.807) is 10.9 Å². The summed E-state index contributed by atoms with van der Waals surface area (Å²) >= 11 is 3.40. The number of halogens is 1. The lowest BCUT2D eigenvalue weighted by Gasteiger charge is -2.05. The van der Waals surface area contributed by atoms with Crippen LogP contribution in [0.2, 0.25) is 0 Å². The van der Waals surface area contributed by atoms with Crippen LogP contribution in [-0.4, -0.2) is 15.7 Å². The van der Waals surface area contributed by atoms with Crippen LogP contribution in [0, 0.1) is 0 Å². The average molecular weight is 433 g/mol. The molecule has 0 amide bonds. The van der Waals surface area contributed by atoms with E-state index in [0.717, 1.165) is 21.3 Å². The second-order valence-corrected chi connectivity index (χ2v) is 7.16. The van der Waals surface area contributed by atoms with Crippen LogP contribution in [0.15, 0.2) is 95.6 Å². The van der Waals surface area contributed by atoms with Gasteiger partial charge in [-0.05, 0) is 29.8 Å². The predicted octanol–water partition coefficient (Wildman–Crippen LogP) is 5.66. The number of esters is 1. The van der Waals surface area contributed by atoms with E-state index < -0.39 is 5.97 Å². The highest BCUT2D eigenvalue weighted by molar-refractivity contribution is 9.10. The lowest BCUT2D eigenvalue weighted by atomic mass is 10.1. The highest BCUT2D eigenvalue weighted by Gasteiger charge is 2.20. The largest absolute Gasteiger partial charge is 0.457 e.